The number of fused-ring (bicyclic) bond motifs is 1. The zero-order valence-electron chi connectivity index (χ0n) is 13.2. The van der Waals surface area contributed by atoms with E-state index in [1.807, 2.05) is 37.3 Å². The van der Waals surface area contributed by atoms with Crippen molar-refractivity contribution < 1.29 is 14.6 Å². The molecule has 2 N–H and O–H groups in total. The number of aryl methyl sites for hydroxylation is 1. The van der Waals surface area contributed by atoms with Crippen LogP contribution in [0.2, 0.25) is 0 Å². The first kappa shape index (κ1) is 15.6. The van der Waals surface area contributed by atoms with Crippen LogP contribution < -0.4 is 10.1 Å². The van der Waals surface area contributed by atoms with E-state index in [9.17, 15) is 9.90 Å². The standard InChI is InChI=1S/C17H21N3O3/c1-12-15(19-20-10-5-11-23-17(12)20)16(22)18-9-8-14(21)13-6-3-2-4-7-13/h2-4,6-7,14,21H,5,8-11H2,1H3,(H,18,22). The van der Waals surface area contributed by atoms with E-state index in [-0.39, 0.29) is 5.91 Å². The van der Waals surface area contributed by atoms with E-state index in [2.05, 4.69) is 10.4 Å². The third-order valence-electron chi connectivity index (χ3n) is 3.99. The number of ether oxygens (including phenoxy) is 1. The Morgan fingerprint density at radius 3 is 2.96 bits per heavy atom. The number of rotatable bonds is 5. The Kier molecular flexibility index (Phi) is 4.62. The van der Waals surface area contributed by atoms with E-state index < -0.39 is 6.10 Å². The minimum atomic E-state index is -0.587. The van der Waals surface area contributed by atoms with Gasteiger partial charge in [0.15, 0.2) is 5.69 Å². The molecule has 23 heavy (non-hydrogen) atoms. The number of nitrogens with one attached hydrogen (secondary N) is 1. The fourth-order valence-electron chi connectivity index (χ4n) is 2.72. The molecule has 1 unspecified atom stereocenters. The van der Waals surface area contributed by atoms with Crippen molar-refractivity contribution in [3.05, 3.63) is 47.2 Å². The van der Waals surface area contributed by atoms with Gasteiger partial charge in [0.1, 0.15) is 0 Å². The number of aliphatic hydroxyl groups is 1. The summed E-state index contributed by atoms with van der Waals surface area (Å²) in [5, 5.41) is 17.2. The van der Waals surface area contributed by atoms with Crippen molar-refractivity contribution in [1.82, 2.24) is 15.1 Å². The van der Waals surface area contributed by atoms with Crippen LogP contribution in [0.4, 0.5) is 0 Å². The number of carbonyl (C=O) groups is 1. The smallest absolute Gasteiger partial charge is 0.272 e. The van der Waals surface area contributed by atoms with Crippen LogP contribution in [-0.2, 0) is 6.54 Å². The van der Waals surface area contributed by atoms with Gasteiger partial charge in [0.05, 0.1) is 12.7 Å². The fourth-order valence-corrected chi connectivity index (χ4v) is 2.72. The monoisotopic (exact) mass is 315 g/mol. The molecule has 1 aliphatic heterocycles. The maximum Gasteiger partial charge on any atom is 0.272 e. The molecule has 0 radical (unpaired) electrons. The van der Waals surface area contributed by atoms with Crippen molar-refractivity contribution in [1.29, 1.82) is 0 Å². The highest BCUT2D eigenvalue weighted by Gasteiger charge is 2.23. The SMILES string of the molecule is Cc1c(C(=O)NCCC(O)c2ccccc2)nn2c1OCCC2. The van der Waals surface area contributed by atoms with Crippen LogP contribution in [0, 0.1) is 6.92 Å². The number of hydrogen-bond donors (Lipinski definition) is 2. The van der Waals surface area contributed by atoms with E-state index >= 15 is 0 Å². The average molecular weight is 315 g/mol. The zero-order chi connectivity index (χ0) is 16.2. The summed E-state index contributed by atoms with van der Waals surface area (Å²) in [6.07, 6.45) is 0.772. The lowest BCUT2D eigenvalue weighted by atomic mass is 10.1. The first-order valence-electron chi connectivity index (χ1n) is 7.88. The van der Waals surface area contributed by atoms with Gasteiger partial charge in [-0.3, -0.25) is 4.79 Å². The lowest BCUT2D eigenvalue weighted by Crippen LogP contribution is -2.26. The van der Waals surface area contributed by atoms with Crippen molar-refractivity contribution >= 4 is 5.91 Å². The molecule has 2 heterocycles. The summed E-state index contributed by atoms with van der Waals surface area (Å²) in [6, 6.07) is 9.42. The molecule has 1 amide bonds. The maximum absolute atomic E-state index is 12.3. The van der Waals surface area contributed by atoms with Crippen molar-refractivity contribution in [2.75, 3.05) is 13.2 Å². The Hall–Kier alpha value is -2.34. The second-order valence-electron chi connectivity index (χ2n) is 5.67. The number of hydrogen-bond acceptors (Lipinski definition) is 4. The van der Waals surface area contributed by atoms with Crippen LogP contribution in [-0.4, -0.2) is 33.9 Å². The third kappa shape index (κ3) is 3.37. The molecule has 3 rings (SSSR count). The highest BCUT2D eigenvalue weighted by atomic mass is 16.5. The quantitative estimate of drug-likeness (QED) is 0.882. The molecule has 1 atom stereocenters. The van der Waals surface area contributed by atoms with Crippen LogP contribution >= 0.6 is 0 Å². The summed E-state index contributed by atoms with van der Waals surface area (Å²) in [4.78, 5) is 12.3. The van der Waals surface area contributed by atoms with Crippen LogP contribution in [0.5, 0.6) is 5.88 Å². The van der Waals surface area contributed by atoms with Gasteiger partial charge in [0.2, 0.25) is 5.88 Å². The molecule has 1 aromatic carbocycles. The Balaban J connectivity index is 1.57. The Bertz CT molecular complexity index is 682. The lowest BCUT2D eigenvalue weighted by molar-refractivity contribution is 0.0936. The molecule has 0 saturated carbocycles. The van der Waals surface area contributed by atoms with Gasteiger partial charge in [-0.05, 0) is 18.9 Å². The van der Waals surface area contributed by atoms with Gasteiger partial charge in [-0.1, -0.05) is 30.3 Å². The Morgan fingerprint density at radius 1 is 1.43 bits per heavy atom. The number of benzene rings is 1. The topological polar surface area (TPSA) is 76.4 Å². The minimum Gasteiger partial charge on any atom is -0.478 e. The summed E-state index contributed by atoms with van der Waals surface area (Å²) < 4.78 is 7.31. The number of amides is 1. The molecule has 1 aliphatic rings. The predicted molar refractivity (Wildman–Crippen MR) is 85.4 cm³/mol. The van der Waals surface area contributed by atoms with Gasteiger partial charge in [0.25, 0.3) is 5.91 Å². The van der Waals surface area contributed by atoms with E-state index in [0.29, 0.717) is 31.1 Å². The minimum absolute atomic E-state index is 0.228. The van der Waals surface area contributed by atoms with Crippen LogP contribution in [0.25, 0.3) is 0 Å². The van der Waals surface area contributed by atoms with Crippen LogP contribution in [0.3, 0.4) is 0 Å². The van der Waals surface area contributed by atoms with Crippen LogP contribution in [0.15, 0.2) is 30.3 Å². The molecule has 1 aromatic heterocycles. The van der Waals surface area contributed by atoms with Crippen molar-refractivity contribution in [3.8, 4) is 5.88 Å². The van der Waals surface area contributed by atoms with Crippen molar-refractivity contribution in [2.45, 2.75) is 32.4 Å². The molecule has 6 nitrogen and oxygen atoms in total. The van der Waals surface area contributed by atoms with Crippen molar-refractivity contribution in [3.63, 3.8) is 0 Å². The van der Waals surface area contributed by atoms with Gasteiger partial charge in [-0.15, -0.1) is 0 Å². The number of aromatic nitrogens is 2. The van der Waals surface area contributed by atoms with Gasteiger partial charge < -0.3 is 15.2 Å². The molecular formula is C17H21N3O3. The first-order valence-corrected chi connectivity index (χ1v) is 7.88. The number of aliphatic hydroxyl groups excluding tert-OH is 1. The maximum atomic E-state index is 12.3. The molecule has 0 aliphatic carbocycles. The summed E-state index contributed by atoms with van der Waals surface area (Å²) in [5.41, 5.74) is 2.02. The summed E-state index contributed by atoms with van der Waals surface area (Å²) in [5.74, 6) is 0.457. The average Bonchev–Trinajstić information content (AvgIpc) is 2.93. The third-order valence-corrected chi connectivity index (χ3v) is 3.99. The molecule has 6 heteroatoms. The van der Waals surface area contributed by atoms with Gasteiger partial charge in [-0.2, -0.15) is 5.10 Å². The summed E-state index contributed by atoms with van der Waals surface area (Å²) >= 11 is 0. The Labute approximate surface area is 135 Å². The van der Waals surface area contributed by atoms with Crippen LogP contribution in [0.1, 0.15) is 40.6 Å². The van der Waals surface area contributed by atoms with Crippen molar-refractivity contribution in [2.24, 2.45) is 0 Å². The molecule has 0 saturated heterocycles. The second kappa shape index (κ2) is 6.83. The Morgan fingerprint density at radius 2 is 2.22 bits per heavy atom. The highest BCUT2D eigenvalue weighted by Crippen LogP contribution is 2.25. The van der Waals surface area contributed by atoms with Gasteiger partial charge in [0, 0.05) is 25.1 Å². The number of nitrogens with zero attached hydrogens (tertiary/aromatic N) is 2. The molecule has 2 aromatic rings. The first-order chi connectivity index (χ1) is 11.2. The molecule has 122 valence electrons. The highest BCUT2D eigenvalue weighted by molar-refractivity contribution is 5.94. The van der Waals surface area contributed by atoms with E-state index in [1.54, 1.807) is 4.68 Å². The lowest BCUT2D eigenvalue weighted by Gasteiger charge is -2.14. The largest absolute Gasteiger partial charge is 0.478 e. The summed E-state index contributed by atoms with van der Waals surface area (Å²) in [7, 11) is 0. The van der Waals surface area contributed by atoms with Gasteiger partial charge >= 0.3 is 0 Å². The molecule has 0 bridgehead atoms. The van der Waals surface area contributed by atoms with E-state index in [1.165, 1.54) is 0 Å². The fraction of sp³-hybridized carbons (Fsp3) is 0.412. The van der Waals surface area contributed by atoms with E-state index in [0.717, 1.165) is 24.1 Å². The number of carbonyl (C=O) groups excluding carboxylic acids is 1. The van der Waals surface area contributed by atoms with E-state index in [4.69, 9.17) is 4.74 Å². The summed E-state index contributed by atoms with van der Waals surface area (Å²) in [6.45, 7) is 3.67. The predicted octanol–water partition coefficient (Wildman–Crippen LogP) is 1.83. The molecular weight excluding hydrogens is 294 g/mol. The zero-order valence-corrected chi connectivity index (χ0v) is 13.2. The van der Waals surface area contributed by atoms with Gasteiger partial charge in [-0.25, -0.2) is 4.68 Å². The normalized spacial score (nSPS) is 14.7. The second-order valence-corrected chi connectivity index (χ2v) is 5.67. The molecule has 0 fully saturated rings. The molecule has 0 spiro atoms.